The van der Waals surface area contributed by atoms with Gasteiger partial charge in [-0.25, -0.2) is 14.6 Å². The molecule has 230 valence electrons. The summed E-state index contributed by atoms with van der Waals surface area (Å²) in [6, 6.07) is 22.4. The number of carbonyl (C=O) groups excluding carboxylic acids is 1. The van der Waals surface area contributed by atoms with Gasteiger partial charge in [-0.05, 0) is 42.5 Å². The largest absolute Gasteiger partial charge is 0.438 e. The summed E-state index contributed by atoms with van der Waals surface area (Å²) in [6.45, 7) is -0.176. The fourth-order valence-electron chi connectivity index (χ4n) is 6.48. The smallest absolute Gasteiger partial charge is 0.416 e. The summed E-state index contributed by atoms with van der Waals surface area (Å²) in [7, 11) is 0. The molecule has 4 aromatic carbocycles. The maximum Gasteiger partial charge on any atom is 0.416 e. The third-order valence-electron chi connectivity index (χ3n) is 8.46. The molecule has 0 saturated carbocycles. The van der Waals surface area contributed by atoms with E-state index >= 15 is 4.79 Å². The van der Waals surface area contributed by atoms with Gasteiger partial charge in [0, 0.05) is 11.3 Å². The van der Waals surface area contributed by atoms with Gasteiger partial charge in [0.1, 0.15) is 17.1 Å². The Hall–Kier alpha value is -6.49. The van der Waals surface area contributed by atoms with Gasteiger partial charge < -0.3 is 21.1 Å². The van der Waals surface area contributed by atoms with Crippen molar-refractivity contribution in [1.29, 1.82) is 5.26 Å². The Bertz CT molecular complexity index is 2400. The summed E-state index contributed by atoms with van der Waals surface area (Å²) in [4.78, 5) is 26.2. The first kappa shape index (κ1) is 28.0. The molecular weight excluding hydrogens is 611 g/mol. The van der Waals surface area contributed by atoms with Crippen molar-refractivity contribution in [2.45, 2.75) is 18.1 Å². The maximum absolute atomic E-state index is 15.1. The van der Waals surface area contributed by atoms with Gasteiger partial charge in [-0.1, -0.05) is 41.6 Å². The van der Waals surface area contributed by atoms with E-state index in [9.17, 15) is 18.4 Å². The van der Waals surface area contributed by atoms with Crippen molar-refractivity contribution in [3.8, 4) is 17.5 Å². The van der Waals surface area contributed by atoms with Crippen LogP contribution in [0.2, 0.25) is 0 Å². The summed E-state index contributed by atoms with van der Waals surface area (Å²) in [5, 5.41) is 18.5. The van der Waals surface area contributed by atoms with E-state index in [2.05, 4.69) is 16.4 Å². The molecule has 1 amide bonds. The first-order valence-electron chi connectivity index (χ1n) is 14.2. The van der Waals surface area contributed by atoms with E-state index in [1.807, 2.05) is 6.07 Å². The van der Waals surface area contributed by atoms with E-state index < -0.39 is 23.1 Å². The fourth-order valence-corrected chi connectivity index (χ4v) is 6.48. The van der Waals surface area contributed by atoms with Crippen LogP contribution in [0.4, 0.5) is 24.5 Å². The lowest BCUT2D eigenvalue weighted by atomic mass is 9.68. The monoisotopic (exact) mass is 631 g/mol. The van der Waals surface area contributed by atoms with Crippen LogP contribution in [0.1, 0.15) is 22.4 Å². The molecule has 0 aliphatic carbocycles. The van der Waals surface area contributed by atoms with Crippen molar-refractivity contribution >= 4 is 39.3 Å². The summed E-state index contributed by atoms with van der Waals surface area (Å²) < 4.78 is 47.8. The van der Waals surface area contributed by atoms with Gasteiger partial charge in [0.2, 0.25) is 11.8 Å². The van der Waals surface area contributed by atoms with Crippen molar-refractivity contribution < 1.29 is 22.7 Å². The Morgan fingerprint density at radius 2 is 1.68 bits per heavy atom. The van der Waals surface area contributed by atoms with E-state index in [4.69, 9.17) is 26.2 Å². The van der Waals surface area contributed by atoms with Gasteiger partial charge in [0.25, 0.3) is 0 Å². The molecule has 1 atom stereocenters. The molecule has 0 radical (unpaired) electrons. The van der Waals surface area contributed by atoms with Crippen molar-refractivity contribution in [3.05, 3.63) is 119 Å². The number of hydrogen-bond donors (Lipinski definition) is 2. The minimum absolute atomic E-state index is 0.0688. The second-order valence-electron chi connectivity index (χ2n) is 11.0. The summed E-state index contributed by atoms with van der Waals surface area (Å²) in [5.74, 6) is -0.818. The lowest BCUT2D eigenvalue weighted by Gasteiger charge is -2.35. The second kappa shape index (κ2) is 9.75. The van der Waals surface area contributed by atoms with Crippen LogP contribution < -0.4 is 21.1 Å². The number of aromatic nitrogens is 5. The van der Waals surface area contributed by atoms with E-state index in [-0.39, 0.29) is 46.2 Å². The van der Waals surface area contributed by atoms with Crippen molar-refractivity contribution in [3.63, 3.8) is 0 Å². The first-order chi connectivity index (χ1) is 22.6. The topological polar surface area (TPSA) is 162 Å². The van der Waals surface area contributed by atoms with E-state index in [0.29, 0.717) is 33.5 Å². The lowest BCUT2D eigenvalue weighted by Crippen LogP contribution is -2.46. The zero-order valence-corrected chi connectivity index (χ0v) is 24.0. The number of carbonyl (C=O) groups is 1. The molecule has 14 heteroatoms. The molecule has 2 aromatic heterocycles. The number of alkyl halides is 3. The van der Waals surface area contributed by atoms with Crippen LogP contribution >= 0.6 is 0 Å². The van der Waals surface area contributed by atoms with E-state index in [1.165, 1.54) is 27.9 Å². The molecule has 6 aromatic rings. The Labute approximate surface area is 263 Å². The molecule has 8 rings (SSSR count). The van der Waals surface area contributed by atoms with Gasteiger partial charge in [0.15, 0.2) is 5.75 Å². The van der Waals surface area contributed by atoms with Crippen molar-refractivity contribution in [2.24, 2.45) is 5.73 Å². The Morgan fingerprint density at radius 3 is 2.45 bits per heavy atom. The number of hydrogen-bond acceptors (Lipinski definition) is 9. The van der Waals surface area contributed by atoms with E-state index in [0.717, 1.165) is 12.1 Å². The van der Waals surface area contributed by atoms with Gasteiger partial charge in [-0.15, -0.1) is 5.10 Å². The van der Waals surface area contributed by atoms with Gasteiger partial charge >= 0.3 is 6.18 Å². The molecule has 0 bridgehead atoms. The molecule has 0 fully saturated rings. The fraction of sp³-hybridized carbons (Fsp3) is 0.0909. The highest BCUT2D eigenvalue weighted by Gasteiger charge is 2.60. The van der Waals surface area contributed by atoms with Crippen LogP contribution in [0, 0.1) is 11.3 Å². The number of amides is 1. The maximum atomic E-state index is 15.1. The van der Waals surface area contributed by atoms with Crippen LogP contribution in [-0.2, 0) is 22.9 Å². The Balaban J connectivity index is 1.36. The highest BCUT2D eigenvalue weighted by Crippen LogP contribution is 2.58. The number of ether oxygens (including phenoxy) is 1. The normalized spacial score (nSPS) is 17.2. The Kier molecular flexibility index (Phi) is 5.81. The molecule has 1 unspecified atom stereocenters. The minimum Gasteiger partial charge on any atom is -0.438 e. The second-order valence-corrected chi connectivity index (χ2v) is 11.0. The Morgan fingerprint density at radius 1 is 0.936 bits per heavy atom. The summed E-state index contributed by atoms with van der Waals surface area (Å²) >= 11 is 0. The lowest BCUT2D eigenvalue weighted by molar-refractivity contribution is -0.137. The number of rotatable bonds is 3. The third-order valence-corrected chi connectivity index (χ3v) is 8.46. The first-order valence-corrected chi connectivity index (χ1v) is 14.2. The van der Waals surface area contributed by atoms with Crippen molar-refractivity contribution in [1.82, 2.24) is 25.0 Å². The third kappa shape index (κ3) is 3.89. The highest BCUT2D eigenvalue weighted by atomic mass is 19.4. The van der Waals surface area contributed by atoms with Crippen LogP contribution in [-0.4, -0.2) is 30.9 Å². The molecule has 2 aliphatic rings. The van der Waals surface area contributed by atoms with Crippen LogP contribution in [0.3, 0.4) is 0 Å². The number of anilines is 2. The van der Waals surface area contributed by atoms with Crippen LogP contribution in [0.25, 0.3) is 27.8 Å². The van der Waals surface area contributed by atoms with Crippen LogP contribution in [0.15, 0.2) is 96.5 Å². The average molecular weight is 632 g/mol. The zero-order valence-electron chi connectivity index (χ0n) is 24.0. The molecule has 4 heterocycles. The van der Waals surface area contributed by atoms with E-state index in [1.54, 1.807) is 48.5 Å². The number of nitrogens with two attached hydrogens (primary N) is 2. The number of nitrogens with zero attached hydrogens (tertiary/aromatic N) is 7. The quantitative estimate of drug-likeness (QED) is 0.205. The van der Waals surface area contributed by atoms with Crippen LogP contribution in [0.5, 0.6) is 5.75 Å². The predicted octanol–water partition coefficient (Wildman–Crippen LogP) is 4.88. The number of fused-ring (bicyclic) bond motifs is 7. The summed E-state index contributed by atoms with van der Waals surface area (Å²) in [6.07, 6.45) is -3.22. The molecule has 4 N–H and O–H groups in total. The number of nitrogen functional groups attached to an aromatic ring is 1. The number of benzene rings is 4. The highest BCUT2D eigenvalue weighted by molar-refractivity contribution is 6.16. The summed E-state index contributed by atoms with van der Waals surface area (Å²) in [5.41, 5.74) is 13.3. The number of nitriles is 1. The SMILES string of the molecule is N#CC1=C(N)Oc2c(N)cc3nc4ccccc4nc3c2C12C(=O)N(Cc1cnnn1-c1cccc(C(F)(F)F)c1)c1ccccc12. The van der Waals surface area contributed by atoms with Gasteiger partial charge in [-0.3, -0.25) is 4.79 Å². The molecule has 1 spiro atoms. The molecule has 2 aliphatic heterocycles. The van der Waals surface area contributed by atoms with Gasteiger partial charge in [-0.2, -0.15) is 18.4 Å². The zero-order chi connectivity index (χ0) is 32.7. The molecule has 0 saturated heterocycles. The standard InChI is InChI=1S/C33H20F3N9O2/c34-33(35,36)17-6-5-7-18(12-17)45-19(15-40-43-45)16-44-26-11-4-1-8-20(26)32(31(44)46)21(14-37)30(39)47-29-22(38)13-25-28(27(29)32)42-24-10-3-2-9-23(24)41-25/h1-13,15H,16,38-39H2. The molecular formula is C33H20F3N9O2. The molecule has 11 nitrogen and oxygen atoms in total. The number of para-hydroxylation sites is 3. The van der Waals surface area contributed by atoms with Gasteiger partial charge in [0.05, 0.1) is 63.0 Å². The minimum atomic E-state index is -4.58. The number of halogens is 3. The average Bonchev–Trinajstić information content (AvgIpc) is 3.62. The molecule has 47 heavy (non-hydrogen) atoms. The predicted molar refractivity (Wildman–Crippen MR) is 164 cm³/mol. The van der Waals surface area contributed by atoms with Crippen molar-refractivity contribution in [2.75, 3.05) is 10.6 Å².